The van der Waals surface area contributed by atoms with Crippen LogP contribution in [0.1, 0.15) is 33.3 Å². The molecule has 1 aromatic rings. The van der Waals surface area contributed by atoms with Crippen molar-refractivity contribution in [3.8, 4) is 0 Å². The Bertz CT molecular complexity index is 571. The van der Waals surface area contributed by atoms with Crippen molar-refractivity contribution in [1.82, 2.24) is 10.2 Å². The number of carbonyl (C=O) groups is 2. The van der Waals surface area contributed by atoms with E-state index in [-0.39, 0.29) is 24.6 Å². The molecule has 0 saturated heterocycles. The molecule has 0 aliphatic heterocycles. The second-order valence-electron chi connectivity index (χ2n) is 6.03. The minimum atomic E-state index is -0.783. The third kappa shape index (κ3) is 6.63. The second-order valence-corrected chi connectivity index (χ2v) is 6.03. The third-order valence-electron chi connectivity index (χ3n) is 2.74. The topological polar surface area (TPSA) is 58.6 Å². The number of hydrogen-bond acceptors (Lipinski definition) is 3. The van der Waals surface area contributed by atoms with E-state index in [0.29, 0.717) is 6.54 Å². The van der Waals surface area contributed by atoms with Crippen molar-refractivity contribution < 1.29 is 23.1 Å². The second kappa shape index (κ2) is 7.89. The highest BCUT2D eigenvalue weighted by molar-refractivity contribution is 5.82. The van der Waals surface area contributed by atoms with Gasteiger partial charge in [-0.25, -0.2) is 13.6 Å². The van der Waals surface area contributed by atoms with E-state index in [1.807, 2.05) is 0 Å². The standard InChI is InChI=1S/C16H22F2N2O3/c1-5-19-14(21)10-20(15(22)23-16(2,3)4)9-11-6-7-12(17)8-13(11)18/h6-8H,5,9-10H2,1-4H3,(H,19,21). The summed E-state index contributed by atoms with van der Waals surface area (Å²) in [5.41, 5.74) is -0.653. The lowest BCUT2D eigenvalue weighted by Crippen LogP contribution is -2.42. The van der Waals surface area contributed by atoms with Crippen LogP contribution < -0.4 is 5.32 Å². The van der Waals surface area contributed by atoms with Gasteiger partial charge in [-0.2, -0.15) is 0 Å². The Kier molecular flexibility index (Phi) is 6.48. The van der Waals surface area contributed by atoms with Crippen molar-refractivity contribution in [3.63, 3.8) is 0 Å². The SMILES string of the molecule is CCNC(=O)CN(Cc1ccc(F)cc1F)C(=O)OC(C)(C)C. The lowest BCUT2D eigenvalue weighted by Gasteiger charge is -2.27. The zero-order valence-electron chi connectivity index (χ0n) is 13.8. The summed E-state index contributed by atoms with van der Waals surface area (Å²) in [5, 5.41) is 2.56. The molecule has 0 spiro atoms. The highest BCUT2D eigenvalue weighted by Gasteiger charge is 2.25. The maximum absolute atomic E-state index is 13.8. The first kappa shape index (κ1) is 18.9. The summed E-state index contributed by atoms with van der Waals surface area (Å²) in [4.78, 5) is 25.0. The Morgan fingerprint density at radius 3 is 2.43 bits per heavy atom. The van der Waals surface area contributed by atoms with E-state index in [4.69, 9.17) is 4.74 Å². The van der Waals surface area contributed by atoms with Crippen molar-refractivity contribution in [1.29, 1.82) is 0 Å². The van der Waals surface area contributed by atoms with Gasteiger partial charge in [-0.1, -0.05) is 6.07 Å². The van der Waals surface area contributed by atoms with Crippen LogP contribution in [0.25, 0.3) is 0 Å². The predicted octanol–water partition coefficient (Wildman–Crippen LogP) is 2.84. The van der Waals surface area contributed by atoms with E-state index in [1.54, 1.807) is 27.7 Å². The number of halogens is 2. The molecule has 7 heteroatoms. The minimum absolute atomic E-state index is 0.0987. The van der Waals surface area contributed by atoms with Gasteiger partial charge in [0.2, 0.25) is 5.91 Å². The first-order valence-electron chi connectivity index (χ1n) is 7.31. The molecule has 1 aromatic carbocycles. The van der Waals surface area contributed by atoms with Gasteiger partial charge in [0, 0.05) is 18.2 Å². The van der Waals surface area contributed by atoms with Gasteiger partial charge >= 0.3 is 6.09 Å². The molecule has 0 atom stereocenters. The van der Waals surface area contributed by atoms with Crippen LogP contribution in [0.3, 0.4) is 0 Å². The third-order valence-corrected chi connectivity index (χ3v) is 2.74. The maximum atomic E-state index is 13.8. The minimum Gasteiger partial charge on any atom is -0.444 e. The number of rotatable bonds is 5. The van der Waals surface area contributed by atoms with Gasteiger partial charge in [-0.05, 0) is 33.8 Å². The number of likely N-dealkylation sites (N-methyl/N-ethyl adjacent to an activating group) is 1. The molecule has 0 aromatic heterocycles. The molecule has 0 saturated carbocycles. The maximum Gasteiger partial charge on any atom is 0.411 e. The van der Waals surface area contributed by atoms with Gasteiger partial charge in [-0.15, -0.1) is 0 Å². The molecule has 2 amide bonds. The van der Waals surface area contributed by atoms with Gasteiger partial charge in [-0.3, -0.25) is 9.69 Å². The van der Waals surface area contributed by atoms with Crippen LogP contribution in [-0.2, 0) is 16.1 Å². The molecule has 0 fully saturated rings. The molecule has 23 heavy (non-hydrogen) atoms. The number of hydrogen-bond donors (Lipinski definition) is 1. The lowest BCUT2D eigenvalue weighted by atomic mass is 10.2. The van der Waals surface area contributed by atoms with Crippen molar-refractivity contribution in [2.75, 3.05) is 13.1 Å². The van der Waals surface area contributed by atoms with Gasteiger partial charge in [0.1, 0.15) is 23.8 Å². The first-order valence-corrected chi connectivity index (χ1v) is 7.31. The van der Waals surface area contributed by atoms with E-state index in [1.165, 1.54) is 6.07 Å². The number of nitrogens with zero attached hydrogens (tertiary/aromatic N) is 1. The van der Waals surface area contributed by atoms with Crippen molar-refractivity contribution in [3.05, 3.63) is 35.4 Å². The number of benzene rings is 1. The van der Waals surface area contributed by atoms with E-state index in [0.717, 1.165) is 17.0 Å². The predicted molar refractivity (Wildman–Crippen MR) is 81.7 cm³/mol. The Balaban J connectivity index is 2.93. The monoisotopic (exact) mass is 328 g/mol. The van der Waals surface area contributed by atoms with Crippen LogP contribution >= 0.6 is 0 Å². The van der Waals surface area contributed by atoms with Crippen molar-refractivity contribution in [2.24, 2.45) is 0 Å². The molecular formula is C16H22F2N2O3. The molecule has 0 unspecified atom stereocenters. The fourth-order valence-corrected chi connectivity index (χ4v) is 1.79. The van der Waals surface area contributed by atoms with Gasteiger partial charge in [0.15, 0.2) is 0 Å². The van der Waals surface area contributed by atoms with Crippen molar-refractivity contribution in [2.45, 2.75) is 39.8 Å². The highest BCUT2D eigenvalue weighted by atomic mass is 19.1. The fourth-order valence-electron chi connectivity index (χ4n) is 1.79. The summed E-state index contributed by atoms with van der Waals surface area (Å²) in [6.45, 7) is 6.74. The van der Waals surface area contributed by atoms with E-state index in [9.17, 15) is 18.4 Å². The molecule has 0 aliphatic carbocycles. The van der Waals surface area contributed by atoms with Crippen LogP contribution in [0.2, 0.25) is 0 Å². The largest absolute Gasteiger partial charge is 0.444 e. The summed E-state index contributed by atoms with van der Waals surface area (Å²) in [6, 6.07) is 3.06. The van der Waals surface area contributed by atoms with Gasteiger partial charge < -0.3 is 10.1 Å². The summed E-state index contributed by atoms with van der Waals surface area (Å²) < 4.78 is 32.0. The summed E-state index contributed by atoms with van der Waals surface area (Å²) >= 11 is 0. The molecule has 1 rings (SSSR count). The number of nitrogens with one attached hydrogen (secondary N) is 1. The van der Waals surface area contributed by atoms with E-state index in [2.05, 4.69) is 5.32 Å². The molecule has 0 bridgehead atoms. The highest BCUT2D eigenvalue weighted by Crippen LogP contribution is 2.15. The molecule has 0 aliphatic rings. The van der Waals surface area contributed by atoms with E-state index < -0.39 is 23.3 Å². The average Bonchev–Trinajstić information content (AvgIpc) is 2.39. The van der Waals surface area contributed by atoms with Gasteiger partial charge in [0.25, 0.3) is 0 Å². The normalized spacial score (nSPS) is 11.0. The smallest absolute Gasteiger partial charge is 0.411 e. The van der Waals surface area contributed by atoms with Crippen LogP contribution in [0.5, 0.6) is 0 Å². The first-order chi connectivity index (χ1) is 10.6. The Hall–Kier alpha value is -2.18. The van der Waals surface area contributed by atoms with E-state index >= 15 is 0 Å². The zero-order valence-corrected chi connectivity index (χ0v) is 13.8. The zero-order chi connectivity index (χ0) is 17.6. The number of carbonyl (C=O) groups excluding carboxylic acids is 2. The number of ether oxygens (including phenoxy) is 1. The summed E-state index contributed by atoms with van der Waals surface area (Å²) in [6.07, 6.45) is -0.743. The van der Waals surface area contributed by atoms with Gasteiger partial charge in [0.05, 0.1) is 6.54 Å². The average molecular weight is 328 g/mol. The Labute approximate surface area is 134 Å². The molecule has 5 nitrogen and oxygen atoms in total. The van der Waals surface area contributed by atoms with Crippen molar-refractivity contribution >= 4 is 12.0 Å². The molecule has 1 N–H and O–H groups in total. The molecule has 0 radical (unpaired) electrons. The molecular weight excluding hydrogens is 306 g/mol. The van der Waals surface area contributed by atoms with Crippen LogP contribution in [-0.4, -0.2) is 35.6 Å². The number of amides is 2. The lowest BCUT2D eigenvalue weighted by molar-refractivity contribution is -0.122. The molecule has 0 heterocycles. The van der Waals surface area contributed by atoms with Crippen LogP contribution in [0.15, 0.2) is 18.2 Å². The summed E-state index contributed by atoms with van der Waals surface area (Å²) in [5.74, 6) is -1.88. The summed E-state index contributed by atoms with van der Waals surface area (Å²) in [7, 11) is 0. The quantitative estimate of drug-likeness (QED) is 0.904. The van der Waals surface area contributed by atoms with Crippen LogP contribution in [0, 0.1) is 11.6 Å². The Morgan fingerprint density at radius 1 is 1.26 bits per heavy atom. The molecule has 128 valence electrons. The van der Waals surface area contributed by atoms with Crippen LogP contribution in [0.4, 0.5) is 13.6 Å². The Morgan fingerprint density at radius 2 is 1.91 bits per heavy atom. The fraction of sp³-hybridized carbons (Fsp3) is 0.500.